The summed E-state index contributed by atoms with van der Waals surface area (Å²) in [4.78, 5) is 25.1. The van der Waals surface area contributed by atoms with Crippen molar-refractivity contribution in [1.29, 1.82) is 5.26 Å². The number of morpholine rings is 1. The monoisotopic (exact) mass is 627 g/mol. The maximum atomic E-state index is 15.8. The zero-order valence-electron chi connectivity index (χ0n) is 24.2. The lowest BCUT2D eigenvalue weighted by atomic mass is 9.62. The summed E-state index contributed by atoms with van der Waals surface area (Å²) in [5.74, 6) is -2.33. The van der Waals surface area contributed by atoms with Gasteiger partial charge >= 0.3 is 0 Å². The Morgan fingerprint density at radius 1 is 1.16 bits per heavy atom. The predicted octanol–water partition coefficient (Wildman–Crippen LogP) is 6.03. The van der Waals surface area contributed by atoms with Crippen LogP contribution in [0, 0.1) is 28.4 Å². The summed E-state index contributed by atoms with van der Waals surface area (Å²) in [5.41, 5.74) is -1.34. The number of ketones is 1. The molecule has 2 fully saturated rings. The summed E-state index contributed by atoms with van der Waals surface area (Å²) in [6, 6.07) is 9.17. The highest BCUT2D eigenvalue weighted by Gasteiger charge is 2.60. The minimum atomic E-state index is -1.68. The Balaban J connectivity index is 1.60. The van der Waals surface area contributed by atoms with Gasteiger partial charge in [-0.3, -0.25) is 4.79 Å². The van der Waals surface area contributed by atoms with Crippen molar-refractivity contribution in [1.82, 2.24) is 15.3 Å². The van der Waals surface area contributed by atoms with Crippen LogP contribution in [0.4, 0.5) is 14.7 Å². The van der Waals surface area contributed by atoms with Crippen molar-refractivity contribution in [3.63, 3.8) is 0 Å². The summed E-state index contributed by atoms with van der Waals surface area (Å²) in [6.45, 7) is 8.49. The van der Waals surface area contributed by atoms with Crippen molar-refractivity contribution < 1.29 is 18.3 Å². The van der Waals surface area contributed by atoms with Crippen LogP contribution >= 0.6 is 23.2 Å². The Morgan fingerprint density at radius 3 is 2.49 bits per heavy atom. The minimum Gasteiger partial charge on any atom is -0.378 e. The van der Waals surface area contributed by atoms with E-state index >= 15 is 8.78 Å². The normalized spacial score (nSPS) is 24.1. The number of aromatic nitrogens is 2. The van der Waals surface area contributed by atoms with Crippen LogP contribution in [0.2, 0.25) is 10.0 Å². The van der Waals surface area contributed by atoms with Gasteiger partial charge < -0.3 is 15.0 Å². The molecule has 11 heteroatoms. The quantitative estimate of drug-likeness (QED) is 0.342. The lowest BCUT2D eigenvalue weighted by molar-refractivity contribution is -0.120. The Labute approximate surface area is 260 Å². The Morgan fingerprint density at radius 2 is 1.86 bits per heavy atom. The summed E-state index contributed by atoms with van der Waals surface area (Å²) in [6.07, 6.45) is 3.51. The summed E-state index contributed by atoms with van der Waals surface area (Å²) in [5, 5.41) is 14.3. The smallest absolute Gasteiger partial charge is 0.225 e. The molecule has 1 aromatic heterocycles. The molecule has 2 saturated heterocycles. The fourth-order valence-electron chi connectivity index (χ4n) is 6.29. The van der Waals surface area contributed by atoms with Gasteiger partial charge in [0.15, 0.2) is 5.78 Å². The van der Waals surface area contributed by atoms with E-state index in [2.05, 4.69) is 21.4 Å². The first-order chi connectivity index (χ1) is 20.4. The third-order valence-electron chi connectivity index (χ3n) is 8.16. The number of rotatable bonds is 7. The molecule has 0 bridgehead atoms. The lowest BCUT2D eigenvalue weighted by Crippen LogP contribution is -2.44. The number of nitrogens with one attached hydrogen (secondary N) is 1. The van der Waals surface area contributed by atoms with E-state index in [1.54, 1.807) is 18.5 Å². The van der Waals surface area contributed by atoms with E-state index in [9.17, 15) is 10.1 Å². The number of carbonyl (C=O) groups is 1. The number of carbonyl (C=O) groups excluding carboxylic acids is 1. The highest BCUT2D eigenvalue weighted by Crippen LogP contribution is 2.53. The van der Waals surface area contributed by atoms with Gasteiger partial charge in [0.1, 0.15) is 17.0 Å². The molecule has 1 N–H and O–H groups in total. The molecule has 226 valence electrons. The van der Waals surface area contributed by atoms with Crippen LogP contribution in [-0.4, -0.2) is 54.1 Å². The fourth-order valence-corrected chi connectivity index (χ4v) is 6.63. The second-order valence-corrected chi connectivity index (χ2v) is 13.2. The van der Waals surface area contributed by atoms with Crippen molar-refractivity contribution >= 4 is 34.9 Å². The van der Waals surface area contributed by atoms with Gasteiger partial charge in [-0.1, -0.05) is 62.2 Å². The van der Waals surface area contributed by atoms with Gasteiger partial charge in [0.25, 0.3) is 0 Å². The zero-order chi connectivity index (χ0) is 30.9. The van der Waals surface area contributed by atoms with Gasteiger partial charge in [-0.05, 0) is 41.2 Å². The van der Waals surface area contributed by atoms with E-state index in [1.165, 1.54) is 24.3 Å². The van der Waals surface area contributed by atoms with E-state index in [1.807, 2.05) is 25.7 Å². The first-order valence-corrected chi connectivity index (χ1v) is 14.9. The van der Waals surface area contributed by atoms with Crippen molar-refractivity contribution in [2.24, 2.45) is 5.41 Å². The molecule has 4 atom stereocenters. The first kappa shape index (κ1) is 31.3. The lowest BCUT2D eigenvalue weighted by Gasteiger charge is -2.37. The maximum absolute atomic E-state index is 15.8. The number of nitriles is 1. The van der Waals surface area contributed by atoms with Crippen molar-refractivity contribution in [2.45, 2.75) is 57.0 Å². The van der Waals surface area contributed by atoms with Gasteiger partial charge in [0.2, 0.25) is 5.95 Å². The zero-order valence-corrected chi connectivity index (χ0v) is 25.7. The van der Waals surface area contributed by atoms with E-state index in [0.717, 1.165) is 6.07 Å². The van der Waals surface area contributed by atoms with E-state index in [-0.39, 0.29) is 38.8 Å². The molecule has 7 nitrogen and oxygen atoms in total. The number of ether oxygens (including phenoxy) is 1. The summed E-state index contributed by atoms with van der Waals surface area (Å²) in [7, 11) is 0. The molecule has 0 saturated carbocycles. The minimum absolute atomic E-state index is 0.0408. The molecule has 0 aliphatic carbocycles. The number of nitrogens with zero attached hydrogens (tertiary/aromatic N) is 4. The molecule has 2 aromatic carbocycles. The van der Waals surface area contributed by atoms with Crippen LogP contribution in [-0.2, 0) is 21.4 Å². The maximum Gasteiger partial charge on any atom is 0.225 e. The predicted molar refractivity (Wildman–Crippen MR) is 161 cm³/mol. The number of halogens is 4. The number of hydrogen-bond donors (Lipinski definition) is 1. The van der Waals surface area contributed by atoms with Gasteiger partial charge in [0.05, 0.1) is 30.3 Å². The summed E-state index contributed by atoms with van der Waals surface area (Å²) >= 11 is 12.3. The average Bonchev–Trinajstić information content (AvgIpc) is 3.28. The van der Waals surface area contributed by atoms with E-state index in [4.69, 9.17) is 27.9 Å². The fraction of sp³-hybridized carbons (Fsp3) is 0.438. The molecule has 0 amide bonds. The Hall–Kier alpha value is -3.16. The van der Waals surface area contributed by atoms with Gasteiger partial charge in [0, 0.05) is 54.4 Å². The number of anilines is 1. The molecule has 0 radical (unpaired) electrons. The largest absolute Gasteiger partial charge is 0.378 e. The Bertz CT molecular complexity index is 1540. The van der Waals surface area contributed by atoms with Crippen LogP contribution < -0.4 is 10.2 Å². The van der Waals surface area contributed by atoms with Crippen molar-refractivity contribution in [3.8, 4) is 6.07 Å². The third-order valence-corrected chi connectivity index (χ3v) is 8.69. The number of Topliss-reactive ketones (excluding diaryl/α,β-unsaturated/α-hetero) is 1. The standard InChI is InChI=1S/C32H33Cl2F2N5O2/c1-31(2,3)15-26-32(18-37,22-8-7-20(33)14-24(22)35)27(21-5-4-6-23(34)28(21)36)29(40-26)25(42)13-19-16-38-30(39-17-19)41-9-11-43-12-10-41/h4-8,14,16-17,26-27,29,40H,9-13,15H2,1-3H3/t26-,27-,29-,32-/m0/s1. The van der Waals surface area contributed by atoms with E-state index < -0.39 is 35.1 Å². The van der Waals surface area contributed by atoms with Crippen LogP contribution in [0.15, 0.2) is 48.8 Å². The van der Waals surface area contributed by atoms with Crippen molar-refractivity contribution in [3.05, 3.63) is 87.2 Å². The second-order valence-electron chi connectivity index (χ2n) is 12.3. The topological polar surface area (TPSA) is 91.1 Å². The van der Waals surface area contributed by atoms with Gasteiger partial charge in [-0.15, -0.1) is 0 Å². The van der Waals surface area contributed by atoms with Gasteiger partial charge in [-0.2, -0.15) is 5.26 Å². The molecule has 3 aromatic rings. The number of benzene rings is 2. The SMILES string of the molecule is CC(C)(C)C[C@@H]1N[C@@H](C(=O)Cc2cnc(N3CCOCC3)nc2)[C@H](c2cccc(Cl)c2F)[C@@]1(C#N)c1ccc(Cl)cc1F. The second kappa shape index (κ2) is 12.4. The van der Waals surface area contributed by atoms with E-state index in [0.29, 0.717) is 44.2 Å². The average molecular weight is 629 g/mol. The molecule has 2 aliphatic rings. The molecule has 0 spiro atoms. The third kappa shape index (κ3) is 6.25. The Kier molecular flexibility index (Phi) is 9.05. The molecular formula is C32H33Cl2F2N5O2. The highest BCUT2D eigenvalue weighted by atomic mass is 35.5. The highest BCUT2D eigenvalue weighted by molar-refractivity contribution is 6.31. The van der Waals surface area contributed by atoms with Crippen LogP contribution in [0.3, 0.4) is 0 Å². The van der Waals surface area contributed by atoms with Crippen LogP contribution in [0.5, 0.6) is 0 Å². The van der Waals surface area contributed by atoms with Crippen molar-refractivity contribution in [2.75, 3.05) is 31.2 Å². The molecule has 3 heterocycles. The molecule has 2 aliphatic heterocycles. The van der Waals surface area contributed by atoms with Gasteiger partial charge in [-0.25, -0.2) is 18.7 Å². The number of hydrogen-bond acceptors (Lipinski definition) is 7. The molecule has 43 heavy (non-hydrogen) atoms. The van der Waals surface area contributed by atoms with Crippen LogP contribution in [0.1, 0.15) is 49.8 Å². The first-order valence-electron chi connectivity index (χ1n) is 14.2. The van der Waals surface area contributed by atoms with Crippen LogP contribution in [0.25, 0.3) is 0 Å². The molecular weight excluding hydrogens is 595 g/mol. The molecule has 5 rings (SSSR count). The summed E-state index contributed by atoms with van der Waals surface area (Å²) < 4.78 is 37.0. The molecule has 0 unspecified atom stereocenters.